The van der Waals surface area contributed by atoms with Crippen molar-refractivity contribution < 1.29 is 18.9 Å². The third-order valence-electron chi connectivity index (χ3n) is 2.44. The van der Waals surface area contributed by atoms with Crippen LogP contribution in [0, 0.1) is 0 Å². The number of nitrogens with zero attached hydrogens (tertiary/aromatic N) is 1. The molecule has 1 aromatic carbocycles. The number of carboxylic acids is 1. The Balaban J connectivity index is 3.12. The van der Waals surface area contributed by atoms with Gasteiger partial charge in [-0.3, -0.25) is 9.00 Å². The molecule has 0 aliphatic heterocycles. The third kappa shape index (κ3) is 2.95. The van der Waals surface area contributed by atoms with Gasteiger partial charge in [0.25, 0.3) is 0 Å². The molecule has 98 valence electrons. The van der Waals surface area contributed by atoms with Crippen LogP contribution in [0.2, 0.25) is 0 Å². The van der Waals surface area contributed by atoms with Gasteiger partial charge in [0.05, 0.1) is 21.3 Å². The summed E-state index contributed by atoms with van der Waals surface area (Å²) >= 11 is 0. The summed E-state index contributed by atoms with van der Waals surface area (Å²) in [5.74, 6) is -1.45. The molecule has 18 heavy (non-hydrogen) atoms. The Bertz CT molecular complexity index is 499. The number of rotatable bonds is 4. The summed E-state index contributed by atoms with van der Waals surface area (Å²) in [4.78, 5) is 24.3. The van der Waals surface area contributed by atoms with Gasteiger partial charge >= 0.3 is 5.97 Å². The molecular weight excluding hydrogens is 254 g/mol. The molecule has 0 spiro atoms. The molecule has 2 atom stereocenters. The largest absolute Gasteiger partial charge is 0.478 e. The van der Waals surface area contributed by atoms with Crippen molar-refractivity contribution in [2.45, 2.75) is 17.1 Å². The van der Waals surface area contributed by atoms with Crippen molar-refractivity contribution >= 4 is 22.7 Å². The highest BCUT2D eigenvalue weighted by atomic mass is 32.2. The summed E-state index contributed by atoms with van der Waals surface area (Å²) in [6.07, 6.45) is 0. The summed E-state index contributed by atoms with van der Waals surface area (Å²) in [6.45, 7) is 1.52. The van der Waals surface area contributed by atoms with Crippen molar-refractivity contribution in [2.24, 2.45) is 0 Å². The molecular formula is C12H15NO4S. The molecule has 1 amide bonds. The normalized spacial score (nSPS) is 13.7. The van der Waals surface area contributed by atoms with Gasteiger partial charge in [0.2, 0.25) is 5.91 Å². The van der Waals surface area contributed by atoms with Crippen molar-refractivity contribution in [2.75, 3.05) is 14.1 Å². The predicted molar refractivity (Wildman–Crippen MR) is 68.0 cm³/mol. The Morgan fingerprint density at radius 1 is 1.28 bits per heavy atom. The molecule has 0 saturated carbocycles. The van der Waals surface area contributed by atoms with Crippen molar-refractivity contribution in [3.05, 3.63) is 29.8 Å². The maximum absolute atomic E-state index is 12.2. The number of amides is 1. The van der Waals surface area contributed by atoms with Crippen LogP contribution < -0.4 is 0 Å². The quantitative estimate of drug-likeness (QED) is 0.883. The van der Waals surface area contributed by atoms with E-state index in [9.17, 15) is 13.8 Å². The first-order valence-corrected chi connectivity index (χ1v) is 6.51. The molecule has 1 aromatic rings. The minimum Gasteiger partial charge on any atom is -0.478 e. The Morgan fingerprint density at radius 3 is 2.33 bits per heavy atom. The monoisotopic (exact) mass is 269 g/mol. The van der Waals surface area contributed by atoms with Crippen LogP contribution in [0.1, 0.15) is 17.3 Å². The topological polar surface area (TPSA) is 74.7 Å². The van der Waals surface area contributed by atoms with Crippen LogP contribution in [0.25, 0.3) is 0 Å². The van der Waals surface area contributed by atoms with Crippen LogP contribution in [-0.4, -0.2) is 45.4 Å². The molecule has 0 radical (unpaired) electrons. The molecule has 0 bridgehead atoms. The molecule has 0 aliphatic carbocycles. The van der Waals surface area contributed by atoms with Crippen LogP contribution in [0.3, 0.4) is 0 Å². The first-order chi connectivity index (χ1) is 8.36. The van der Waals surface area contributed by atoms with Gasteiger partial charge in [-0.25, -0.2) is 4.79 Å². The Hall–Kier alpha value is -1.69. The minimum absolute atomic E-state index is 0.0331. The molecule has 5 nitrogen and oxygen atoms in total. The summed E-state index contributed by atoms with van der Waals surface area (Å²) in [5.41, 5.74) is -0.0331. The average Bonchev–Trinajstić information content (AvgIpc) is 2.35. The van der Waals surface area contributed by atoms with E-state index in [1.807, 2.05) is 0 Å². The van der Waals surface area contributed by atoms with Crippen LogP contribution in [0.5, 0.6) is 0 Å². The van der Waals surface area contributed by atoms with E-state index in [0.717, 1.165) is 0 Å². The fourth-order valence-corrected chi connectivity index (χ4v) is 2.82. The third-order valence-corrected chi connectivity index (χ3v) is 4.08. The zero-order chi connectivity index (χ0) is 13.9. The van der Waals surface area contributed by atoms with E-state index < -0.39 is 22.0 Å². The fourth-order valence-electron chi connectivity index (χ4n) is 1.46. The lowest BCUT2D eigenvalue weighted by Crippen LogP contribution is -2.34. The van der Waals surface area contributed by atoms with Gasteiger partial charge in [-0.15, -0.1) is 0 Å². The lowest BCUT2D eigenvalue weighted by molar-refractivity contribution is -0.127. The molecule has 1 N–H and O–H groups in total. The summed E-state index contributed by atoms with van der Waals surface area (Å²) < 4.78 is 12.2. The minimum atomic E-state index is -1.68. The van der Waals surface area contributed by atoms with Crippen molar-refractivity contribution in [1.29, 1.82) is 0 Å². The van der Waals surface area contributed by atoms with Gasteiger partial charge in [0.15, 0.2) is 0 Å². The Kier molecular flexibility index (Phi) is 4.61. The number of aromatic carboxylic acids is 1. The number of carbonyl (C=O) groups excluding carboxylic acids is 1. The van der Waals surface area contributed by atoms with E-state index in [4.69, 9.17) is 5.11 Å². The second kappa shape index (κ2) is 5.77. The number of carbonyl (C=O) groups is 2. The SMILES string of the molecule is CC(C(=O)N(C)C)S(=O)c1ccccc1C(=O)O. The van der Waals surface area contributed by atoms with Gasteiger partial charge in [0, 0.05) is 14.1 Å². The summed E-state index contributed by atoms with van der Waals surface area (Å²) in [6, 6.07) is 6.01. The number of hydrogen-bond acceptors (Lipinski definition) is 3. The molecule has 1 rings (SSSR count). The molecule has 0 aromatic heterocycles. The average molecular weight is 269 g/mol. The van der Waals surface area contributed by atoms with Gasteiger partial charge in [0.1, 0.15) is 5.25 Å². The summed E-state index contributed by atoms with van der Waals surface area (Å²) in [5, 5.41) is 8.24. The Labute approximate surface area is 108 Å². The molecule has 0 heterocycles. The van der Waals surface area contributed by atoms with E-state index in [0.29, 0.717) is 0 Å². The van der Waals surface area contributed by atoms with E-state index in [2.05, 4.69) is 0 Å². The smallest absolute Gasteiger partial charge is 0.336 e. The first-order valence-electron chi connectivity index (χ1n) is 5.30. The van der Waals surface area contributed by atoms with E-state index >= 15 is 0 Å². The van der Waals surface area contributed by atoms with Crippen molar-refractivity contribution in [1.82, 2.24) is 4.90 Å². The highest BCUT2D eigenvalue weighted by Gasteiger charge is 2.25. The lowest BCUT2D eigenvalue weighted by Gasteiger charge is -2.17. The van der Waals surface area contributed by atoms with Gasteiger partial charge in [-0.05, 0) is 19.1 Å². The zero-order valence-electron chi connectivity index (χ0n) is 10.4. The number of carboxylic acid groups (broad SMARTS) is 1. The van der Waals surface area contributed by atoms with Crippen LogP contribution >= 0.6 is 0 Å². The Morgan fingerprint density at radius 2 is 1.83 bits per heavy atom. The van der Waals surface area contributed by atoms with Crippen LogP contribution in [0.4, 0.5) is 0 Å². The van der Waals surface area contributed by atoms with E-state index in [-0.39, 0.29) is 16.4 Å². The second-order valence-corrected chi connectivity index (χ2v) is 5.72. The molecule has 6 heteroatoms. The fraction of sp³-hybridized carbons (Fsp3) is 0.333. The van der Waals surface area contributed by atoms with Crippen molar-refractivity contribution in [3.8, 4) is 0 Å². The van der Waals surface area contributed by atoms with Crippen molar-refractivity contribution in [3.63, 3.8) is 0 Å². The second-order valence-electron chi connectivity index (χ2n) is 3.97. The van der Waals surface area contributed by atoms with Gasteiger partial charge in [-0.1, -0.05) is 12.1 Å². The molecule has 0 saturated heterocycles. The summed E-state index contributed by atoms with van der Waals surface area (Å²) in [7, 11) is 1.45. The maximum atomic E-state index is 12.2. The highest BCUT2D eigenvalue weighted by molar-refractivity contribution is 7.86. The van der Waals surface area contributed by atoms with Crippen LogP contribution in [-0.2, 0) is 15.6 Å². The molecule has 0 aliphatic rings. The standard InChI is InChI=1S/C12H15NO4S/c1-8(11(14)13(2)3)18(17)10-7-5-4-6-9(10)12(15)16/h4-8H,1-3H3,(H,15,16). The maximum Gasteiger partial charge on any atom is 0.336 e. The molecule has 2 unspecified atom stereocenters. The van der Waals surface area contributed by atoms with Gasteiger partial charge in [-0.2, -0.15) is 0 Å². The van der Waals surface area contributed by atoms with E-state index in [1.54, 1.807) is 26.2 Å². The number of hydrogen-bond donors (Lipinski definition) is 1. The number of benzene rings is 1. The van der Waals surface area contributed by atoms with Crippen LogP contribution in [0.15, 0.2) is 29.2 Å². The van der Waals surface area contributed by atoms with E-state index in [1.165, 1.54) is 24.0 Å². The first kappa shape index (κ1) is 14.4. The predicted octanol–water partition coefficient (Wildman–Crippen LogP) is 0.969. The lowest BCUT2D eigenvalue weighted by atomic mass is 10.2. The zero-order valence-corrected chi connectivity index (χ0v) is 11.2. The molecule has 0 fully saturated rings. The highest BCUT2D eigenvalue weighted by Crippen LogP contribution is 2.17. The van der Waals surface area contributed by atoms with Gasteiger partial charge < -0.3 is 10.0 Å².